The Morgan fingerprint density at radius 2 is 2.40 bits per heavy atom. The maximum Gasteiger partial charge on any atom is 0.223 e. The molecule has 2 aromatic heterocycles. The van der Waals surface area contributed by atoms with Gasteiger partial charge in [-0.2, -0.15) is 0 Å². The molecule has 0 radical (unpaired) electrons. The van der Waals surface area contributed by atoms with Crippen LogP contribution in [0.5, 0.6) is 0 Å². The minimum atomic E-state index is -0.711. The molecule has 3 atom stereocenters. The normalized spacial score (nSPS) is 22.5. The van der Waals surface area contributed by atoms with Crippen LogP contribution in [0, 0.1) is 5.92 Å². The van der Waals surface area contributed by atoms with E-state index >= 15 is 0 Å². The molecule has 0 aromatic carbocycles. The predicted molar refractivity (Wildman–Crippen MR) is 76.9 cm³/mol. The van der Waals surface area contributed by atoms with Gasteiger partial charge in [-0.1, -0.05) is 11.6 Å². The lowest BCUT2D eigenvalue weighted by Gasteiger charge is -2.09. The average molecular weight is 312 g/mol. The SMILES string of the molecule is O=C(NC[C@H](O)c1ccc(Cl)s1)[C@@H]1C[C@H]1c1ccco1. The average Bonchev–Trinajstić information content (AvgIpc) is 2.87. The van der Waals surface area contributed by atoms with E-state index in [0.29, 0.717) is 4.34 Å². The Morgan fingerprint density at radius 3 is 3.05 bits per heavy atom. The zero-order valence-corrected chi connectivity index (χ0v) is 12.2. The minimum absolute atomic E-state index is 0.0342. The molecule has 2 aromatic rings. The van der Waals surface area contributed by atoms with Crippen molar-refractivity contribution in [1.29, 1.82) is 0 Å². The third-order valence-corrected chi connectivity index (χ3v) is 4.76. The number of carbonyl (C=O) groups is 1. The molecule has 106 valence electrons. The van der Waals surface area contributed by atoms with Crippen molar-refractivity contribution in [2.24, 2.45) is 5.92 Å². The topological polar surface area (TPSA) is 62.5 Å². The predicted octanol–water partition coefficient (Wildman–Crippen LogP) is 2.95. The third-order valence-electron chi connectivity index (χ3n) is 3.43. The van der Waals surface area contributed by atoms with E-state index in [0.717, 1.165) is 17.1 Å². The highest BCUT2D eigenvalue weighted by Gasteiger charge is 2.45. The van der Waals surface area contributed by atoms with Gasteiger partial charge in [0.2, 0.25) is 5.91 Å². The van der Waals surface area contributed by atoms with Gasteiger partial charge < -0.3 is 14.8 Å². The maximum absolute atomic E-state index is 12.0. The fourth-order valence-electron chi connectivity index (χ4n) is 2.24. The fourth-order valence-corrected chi connectivity index (χ4v) is 3.28. The number of hydrogen-bond donors (Lipinski definition) is 2. The molecule has 0 spiro atoms. The molecule has 3 rings (SSSR count). The molecule has 2 heterocycles. The third kappa shape index (κ3) is 2.90. The van der Waals surface area contributed by atoms with Crippen LogP contribution in [0.25, 0.3) is 0 Å². The molecule has 4 nitrogen and oxygen atoms in total. The van der Waals surface area contributed by atoms with Gasteiger partial charge in [0.25, 0.3) is 0 Å². The first kappa shape index (κ1) is 13.7. The molecular formula is C14H14ClNO3S. The standard InChI is InChI=1S/C14H14ClNO3S/c15-13-4-3-12(20-13)10(17)7-16-14(18)9-6-8(9)11-2-1-5-19-11/h1-5,8-10,17H,6-7H2,(H,16,18)/t8-,9-,10+/m1/s1. The van der Waals surface area contributed by atoms with Gasteiger partial charge in [0.1, 0.15) is 11.9 Å². The van der Waals surface area contributed by atoms with E-state index < -0.39 is 6.10 Å². The van der Waals surface area contributed by atoms with Gasteiger partial charge in [0.05, 0.1) is 10.6 Å². The van der Waals surface area contributed by atoms with Gasteiger partial charge in [-0.05, 0) is 30.7 Å². The monoisotopic (exact) mass is 311 g/mol. The highest BCUT2D eigenvalue weighted by atomic mass is 35.5. The number of thiophene rings is 1. The summed E-state index contributed by atoms with van der Waals surface area (Å²) in [7, 11) is 0. The summed E-state index contributed by atoms with van der Waals surface area (Å²) in [6.45, 7) is 0.205. The van der Waals surface area contributed by atoms with Crippen molar-refractivity contribution < 1.29 is 14.3 Å². The molecule has 1 aliphatic rings. The molecule has 1 amide bonds. The molecule has 2 N–H and O–H groups in total. The number of rotatable bonds is 5. The summed E-state index contributed by atoms with van der Waals surface area (Å²) >= 11 is 7.13. The van der Waals surface area contributed by atoms with Crippen LogP contribution < -0.4 is 5.32 Å². The van der Waals surface area contributed by atoms with Crippen molar-refractivity contribution in [1.82, 2.24) is 5.32 Å². The molecule has 0 unspecified atom stereocenters. The van der Waals surface area contributed by atoms with Crippen LogP contribution in [0.1, 0.15) is 29.1 Å². The summed E-state index contributed by atoms with van der Waals surface area (Å²) in [5, 5.41) is 12.7. The number of carbonyl (C=O) groups excluding carboxylic acids is 1. The Morgan fingerprint density at radius 1 is 1.55 bits per heavy atom. The molecular weight excluding hydrogens is 298 g/mol. The van der Waals surface area contributed by atoms with Gasteiger partial charge >= 0.3 is 0 Å². The van der Waals surface area contributed by atoms with Crippen molar-refractivity contribution in [3.63, 3.8) is 0 Å². The lowest BCUT2D eigenvalue weighted by molar-refractivity contribution is -0.122. The van der Waals surface area contributed by atoms with Crippen molar-refractivity contribution in [2.75, 3.05) is 6.54 Å². The Balaban J connectivity index is 1.49. The molecule has 1 aliphatic carbocycles. The summed E-state index contributed by atoms with van der Waals surface area (Å²) in [5.74, 6) is 0.961. The number of furan rings is 1. The highest BCUT2D eigenvalue weighted by Crippen LogP contribution is 2.47. The lowest BCUT2D eigenvalue weighted by atomic mass is 10.2. The number of nitrogens with one attached hydrogen (secondary N) is 1. The summed E-state index contributed by atoms with van der Waals surface area (Å²) in [4.78, 5) is 12.7. The number of amides is 1. The van der Waals surface area contributed by atoms with Crippen molar-refractivity contribution in [3.05, 3.63) is 45.5 Å². The molecule has 1 fully saturated rings. The molecule has 0 saturated heterocycles. The zero-order valence-electron chi connectivity index (χ0n) is 10.6. The minimum Gasteiger partial charge on any atom is -0.469 e. The van der Waals surface area contributed by atoms with E-state index in [1.165, 1.54) is 11.3 Å². The van der Waals surface area contributed by atoms with Crippen LogP contribution in [-0.4, -0.2) is 17.6 Å². The summed E-state index contributed by atoms with van der Waals surface area (Å²) < 4.78 is 5.92. The Hall–Kier alpha value is -1.30. The number of aliphatic hydroxyl groups excluding tert-OH is 1. The van der Waals surface area contributed by atoms with Crippen LogP contribution in [0.3, 0.4) is 0 Å². The lowest BCUT2D eigenvalue weighted by Crippen LogP contribution is -2.29. The van der Waals surface area contributed by atoms with Crippen LogP contribution in [-0.2, 0) is 4.79 Å². The zero-order chi connectivity index (χ0) is 14.1. The first-order valence-corrected chi connectivity index (χ1v) is 7.59. The molecule has 6 heteroatoms. The first-order valence-electron chi connectivity index (χ1n) is 6.39. The summed E-state index contributed by atoms with van der Waals surface area (Å²) in [5.41, 5.74) is 0. The summed E-state index contributed by atoms with van der Waals surface area (Å²) in [6, 6.07) is 7.22. The van der Waals surface area contributed by atoms with Crippen LogP contribution >= 0.6 is 22.9 Å². The molecule has 0 aliphatic heterocycles. The van der Waals surface area contributed by atoms with E-state index in [2.05, 4.69) is 5.32 Å². The number of halogens is 1. The smallest absolute Gasteiger partial charge is 0.223 e. The quantitative estimate of drug-likeness (QED) is 0.892. The van der Waals surface area contributed by atoms with Gasteiger partial charge in [-0.3, -0.25) is 4.79 Å². The molecule has 0 bridgehead atoms. The van der Waals surface area contributed by atoms with E-state index in [4.69, 9.17) is 16.0 Å². The van der Waals surface area contributed by atoms with Crippen molar-refractivity contribution in [2.45, 2.75) is 18.4 Å². The fraction of sp³-hybridized carbons (Fsp3) is 0.357. The van der Waals surface area contributed by atoms with Gasteiger partial charge in [-0.25, -0.2) is 0 Å². The van der Waals surface area contributed by atoms with Crippen molar-refractivity contribution in [3.8, 4) is 0 Å². The highest BCUT2D eigenvalue weighted by molar-refractivity contribution is 7.16. The second-order valence-electron chi connectivity index (χ2n) is 4.87. The Bertz CT molecular complexity index is 595. The van der Waals surface area contributed by atoms with Gasteiger partial charge in [0.15, 0.2) is 0 Å². The van der Waals surface area contributed by atoms with E-state index in [1.54, 1.807) is 18.4 Å². The van der Waals surface area contributed by atoms with Gasteiger partial charge in [0, 0.05) is 23.3 Å². The number of hydrogen-bond acceptors (Lipinski definition) is 4. The van der Waals surface area contributed by atoms with Gasteiger partial charge in [-0.15, -0.1) is 11.3 Å². The first-order chi connectivity index (χ1) is 9.65. The number of aliphatic hydroxyl groups is 1. The molecule has 20 heavy (non-hydrogen) atoms. The van der Waals surface area contributed by atoms with Crippen molar-refractivity contribution >= 4 is 28.8 Å². The maximum atomic E-state index is 12.0. The van der Waals surface area contributed by atoms with E-state index in [1.807, 2.05) is 12.1 Å². The second-order valence-corrected chi connectivity index (χ2v) is 6.61. The summed E-state index contributed by atoms with van der Waals surface area (Å²) in [6.07, 6.45) is 1.71. The Labute approximate surface area is 125 Å². The van der Waals surface area contributed by atoms with Crippen LogP contribution in [0.15, 0.2) is 34.9 Å². The second kappa shape index (κ2) is 5.60. The van der Waals surface area contributed by atoms with E-state index in [9.17, 15) is 9.90 Å². The molecule has 1 saturated carbocycles. The van der Waals surface area contributed by atoms with E-state index in [-0.39, 0.29) is 24.3 Å². The van der Waals surface area contributed by atoms with Crippen LogP contribution in [0.4, 0.5) is 0 Å². The largest absolute Gasteiger partial charge is 0.469 e. The van der Waals surface area contributed by atoms with Crippen LogP contribution in [0.2, 0.25) is 4.34 Å². The Kier molecular flexibility index (Phi) is 3.83.